The number of thioether (sulfide) groups is 1. The van der Waals surface area contributed by atoms with E-state index in [1.54, 1.807) is 35.8 Å². The second-order valence-corrected chi connectivity index (χ2v) is 9.09. The van der Waals surface area contributed by atoms with Crippen molar-refractivity contribution in [3.8, 4) is 22.8 Å². The summed E-state index contributed by atoms with van der Waals surface area (Å²) in [6.07, 6.45) is 0. The van der Waals surface area contributed by atoms with Gasteiger partial charge in [0.15, 0.2) is 11.0 Å². The third-order valence-electron chi connectivity index (χ3n) is 4.89. The summed E-state index contributed by atoms with van der Waals surface area (Å²) < 4.78 is 2.53. The predicted octanol–water partition coefficient (Wildman–Crippen LogP) is 5.35. The van der Waals surface area contributed by atoms with Gasteiger partial charge in [-0.25, -0.2) is 0 Å². The molecule has 3 aromatic carbocycles. The van der Waals surface area contributed by atoms with E-state index in [0.29, 0.717) is 27.8 Å². The standard InChI is InChI=1S/C23H18BrN5O4S/c1-14-7-9-17(29(32)33)12-19(14)25-21(31)13-34-23-27-26-22(18-11-15(24)8-10-20(18)30)28(23)16-5-3-2-4-6-16/h2-12,30H,13H2,1H3,(H,25,31). The molecule has 34 heavy (non-hydrogen) atoms. The minimum absolute atomic E-state index is 0.00242. The molecule has 0 spiro atoms. The van der Waals surface area contributed by atoms with E-state index >= 15 is 0 Å². The lowest BCUT2D eigenvalue weighted by molar-refractivity contribution is -0.384. The lowest BCUT2D eigenvalue weighted by Crippen LogP contribution is -2.15. The molecular formula is C23H18BrN5O4S. The van der Waals surface area contributed by atoms with Gasteiger partial charge in [-0.3, -0.25) is 19.5 Å². The van der Waals surface area contributed by atoms with Crippen molar-refractivity contribution in [2.24, 2.45) is 0 Å². The highest BCUT2D eigenvalue weighted by Crippen LogP contribution is 2.34. The number of hydrogen-bond donors (Lipinski definition) is 2. The predicted molar refractivity (Wildman–Crippen MR) is 133 cm³/mol. The van der Waals surface area contributed by atoms with Crippen molar-refractivity contribution < 1.29 is 14.8 Å². The third kappa shape index (κ3) is 5.10. The van der Waals surface area contributed by atoms with Crippen molar-refractivity contribution in [3.63, 3.8) is 0 Å². The van der Waals surface area contributed by atoms with Gasteiger partial charge >= 0.3 is 0 Å². The number of benzene rings is 3. The summed E-state index contributed by atoms with van der Waals surface area (Å²) in [5.74, 6) is 0.117. The van der Waals surface area contributed by atoms with E-state index in [9.17, 15) is 20.0 Å². The van der Waals surface area contributed by atoms with Crippen LogP contribution in [0.5, 0.6) is 5.75 Å². The van der Waals surface area contributed by atoms with Crippen LogP contribution in [-0.4, -0.2) is 36.5 Å². The van der Waals surface area contributed by atoms with Crippen molar-refractivity contribution in [3.05, 3.63) is 86.9 Å². The number of carbonyl (C=O) groups is 1. The number of aromatic hydroxyl groups is 1. The number of aromatic nitrogens is 3. The molecule has 0 bridgehead atoms. The van der Waals surface area contributed by atoms with Crippen molar-refractivity contribution in [1.82, 2.24) is 14.8 Å². The molecule has 0 radical (unpaired) electrons. The maximum absolute atomic E-state index is 12.6. The molecule has 0 aliphatic carbocycles. The van der Waals surface area contributed by atoms with E-state index in [2.05, 4.69) is 31.4 Å². The number of phenols is 1. The van der Waals surface area contributed by atoms with E-state index in [1.165, 1.54) is 12.1 Å². The molecule has 1 aromatic heterocycles. The number of rotatable bonds is 7. The lowest BCUT2D eigenvalue weighted by atomic mass is 10.2. The lowest BCUT2D eigenvalue weighted by Gasteiger charge is -2.12. The first-order valence-electron chi connectivity index (χ1n) is 10.0. The molecule has 0 aliphatic heterocycles. The number of non-ortho nitro benzene ring substituents is 1. The molecule has 0 saturated carbocycles. The molecule has 0 aliphatic rings. The van der Waals surface area contributed by atoms with Gasteiger partial charge in [-0.1, -0.05) is 52.0 Å². The highest BCUT2D eigenvalue weighted by Gasteiger charge is 2.20. The smallest absolute Gasteiger partial charge is 0.271 e. The molecule has 1 heterocycles. The zero-order chi connectivity index (χ0) is 24.2. The average Bonchev–Trinajstić information content (AvgIpc) is 3.25. The Bertz CT molecular complexity index is 1380. The highest BCUT2D eigenvalue weighted by molar-refractivity contribution is 9.10. The van der Waals surface area contributed by atoms with Crippen molar-refractivity contribution in [2.45, 2.75) is 12.1 Å². The SMILES string of the molecule is Cc1ccc([N+](=O)[O-])cc1NC(=O)CSc1nnc(-c2cc(Br)ccc2O)n1-c1ccccc1. The molecule has 0 atom stereocenters. The van der Waals surface area contributed by atoms with Gasteiger partial charge in [-0.05, 0) is 42.8 Å². The normalized spacial score (nSPS) is 10.8. The fraction of sp³-hybridized carbons (Fsp3) is 0.0870. The Labute approximate surface area is 207 Å². The van der Waals surface area contributed by atoms with Gasteiger partial charge in [0.25, 0.3) is 5.69 Å². The molecule has 4 aromatic rings. The number of nitro groups is 1. The number of halogens is 1. The van der Waals surface area contributed by atoms with E-state index in [4.69, 9.17) is 0 Å². The molecular weight excluding hydrogens is 522 g/mol. The van der Waals surface area contributed by atoms with Gasteiger partial charge in [0, 0.05) is 22.3 Å². The van der Waals surface area contributed by atoms with Crippen LogP contribution >= 0.6 is 27.7 Å². The Kier molecular flexibility index (Phi) is 6.94. The summed E-state index contributed by atoms with van der Waals surface area (Å²) in [7, 11) is 0. The van der Waals surface area contributed by atoms with Crippen LogP contribution < -0.4 is 5.32 Å². The molecule has 4 rings (SSSR count). The zero-order valence-corrected chi connectivity index (χ0v) is 20.2. The van der Waals surface area contributed by atoms with Crippen LogP contribution in [0.15, 0.2) is 76.4 Å². The Morgan fingerprint density at radius 1 is 1.15 bits per heavy atom. The van der Waals surface area contributed by atoms with Gasteiger partial charge in [-0.2, -0.15) is 0 Å². The monoisotopic (exact) mass is 539 g/mol. The van der Waals surface area contributed by atoms with Gasteiger partial charge < -0.3 is 10.4 Å². The Hall–Kier alpha value is -3.70. The van der Waals surface area contributed by atoms with Crippen LogP contribution in [0.25, 0.3) is 17.1 Å². The number of nitrogens with one attached hydrogen (secondary N) is 1. The summed E-state index contributed by atoms with van der Waals surface area (Å²) in [6, 6.07) is 18.7. The fourth-order valence-electron chi connectivity index (χ4n) is 3.21. The second kappa shape index (κ2) is 10.1. The number of amides is 1. The summed E-state index contributed by atoms with van der Waals surface area (Å²) >= 11 is 4.57. The third-order valence-corrected chi connectivity index (χ3v) is 6.31. The van der Waals surface area contributed by atoms with Gasteiger partial charge in [-0.15, -0.1) is 10.2 Å². The van der Waals surface area contributed by atoms with Gasteiger partial charge in [0.1, 0.15) is 5.75 Å². The Morgan fingerprint density at radius 2 is 1.91 bits per heavy atom. The van der Waals surface area contributed by atoms with E-state index in [1.807, 2.05) is 30.3 Å². The molecule has 172 valence electrons. The van der Waals surface area contributed by atoms with E-state index in [0.717, 1.165) is 21.9 Å². The highest BCUT2D eigenvalue weighted by atomic mass is 79.9. The zero-order valence-electron chi connectivity index (χ0n) is 17.8. The molecule has 0 unspecified atom stereocenters. The number of nitro benzene ring substituents is 1. The molecule has 9 nitrogen and oxygen atoms in total. The largest absolute Gasteiger partial charge is 0.507 e. The number of phenolic OH excluding ortho intramolecular Hbond substituents is 1. The first-order chi connectivity index (χ1) is 16.3. The van der Waals surface area contributed by atoms with Crippen LogP contribution in [0.2, 0.25) is 0 Å². The van der Waals surface area contributed by atoms with Crippen molar-refractivity contribution in [1.29, 1.82) is 0 Å². The summed E-state index contributed by atoms with van der Waals surface area (Å²) in [6.45, 7) is 1.76. The number of carbonyl (C=O) groups excluding carboxylic acids is 1. The minimum atomic E-state index is -0.509. The topological polar surface area (TPSA) is 123 Å². The van der Waals surface area contributed by atoms with Crippen LogP contribution in [0.4, 0.5) is 11.4 Å². The van der Waals surface area contributed by atoms with Gasteiger partial charge in [0.05, 0.1) is 21.9 Å². The molecule has 0 fully saturated rings. The van der Waals surface area contributed by atoms with E-state index < -0.39 is 4.92 Å². The maximum Gasteiger partial charge on any atom is 0.271 e. The van der Waals surface area contributed by atoms with Crippen LogP contribution in [0, 0.1) is 17.0 Å². The first kappa shape index (κ1) is 23.5. The molecule has 2 N–H and O–H groups in total. The van der Waals surface area contributed by atoms with Crippen LogP contribution in [0.3, 0.4) is 0 Å². The number of anilines is 1. The summed E-state index contributed by atoms with van der Waals surface area (Å²) in [4.78, 5) is 23.2. The van der Waals surface area contributed by atoms with Crippen molar-refractivity contribution >= 4 is 45.0 Å². The quantitative estimate of drug-likeness (QED) is 0.184. The average molecular weight is 540 g/mol. The van der Waals surface area contributed by atoms with Crippen LogP contribution in [-0.2, 0) is 4.79 Å². The molecule has 0 saturated heterocycles. The fourth-order valence-corrected chi connectivity index (χ4v) is 4.32. The molecule has 1 amide bonds. The Balaban J connectivity index is 1.61. The van der Waals surface area contributed by atoms with Crippen molar-refractivity contribution in [2.75, 3.05) is 11.1 Å². The van der Waals surface area contributed by atoms with E-state index in [-0.39, 0.29) is 23.1 Å². The Morgan fingerprint density at radius 3 is 2.65 bits per heavy atom. The maximum atomic E-state index is 12.6. The number of hydrogen-bond acceptors (Lipinski definition) is 7. The summed E-state index contributed by atoms with van der Waals surface area (Å²) in [5, 5.41) is 33.2. The molecule has 11 heteroatoms. The van der Waals surface area contributed by atoms with Gasteiger partial charge in [0.2, 0.25) is 5.91 Å². The first-order valence-corrected chi connectivity index (χ1v) is 11.8. The minimum Gasteiger partial charge on any atom is -0.507 e. The summed E-state index contributed by atoms with van der Waals surface area (Å²) in [5.41, 5.74) is 2.23. The second-order valence-electron chi connectivity index (χ2n) is 7.23. The number of nitrogens with zero attached hydrogens (tertiary/aromatic N) is 4. The number of para-hydroxylation sites is 1. The number of aryl methyl sites for hydroxylation is 1. The van der Waals surface area contributed by atoms with Crippen LogP contribution in [0.1, 0.15) is 5.56 Å².